The van der Waals surface area contributed by atoms with Crippen molar-refractivity contribution in [2.75, 3.05) is 11.4 Å². The zero-order valence-corrected chi connectivity index (χ0v) is 9.65. The topological polar surface area (TPSA) is 37.4 Å². The van der Waals surface area contributed by atoms with Crippen molar-refractivity contribution in [1.29, 1.82) is 0 Å². The lowest BCUT2D eigenvalue weighted by Crippen LogP contribution is -2.48. The Hall–Kier alpha value is -1.71. The van der Waals surface area contributed by atoms with E-state index in [4.69, 9.17) is 0 Å². The molecule has 1 saturated heterocycles. The quantitative estimate of drug-likeness (QED) is 0.582. The molecule has 0 saturated carbocycles. The van der Waals surface area contributed by atoms with E-state index in [1.54, 1.807) is 24.0 Å². The summed E-state index contributed by atoms with van der Waals surface area (Å²) in [6.45, 7) is 2.23. The Labute approximate surface area is 99.2 Å². The van der Waals surface area contributed by atoms with Crippen molar-refractivity contribution in [3.8, 4) is 0 Å². The van der Waals surface area contributed by atoms with Crippen molar-refractivity contribution in [2.24, 2.45) is 5.41 Å². The molecule has 0 radical (unpaired) electrons. The lowest BCUT2D eigenvalue weighted by atomic mass is 9.82. The molecule has 1 heterocycles. The Balaban J connectivity index is 2.30. The highest BCUT2D eigenvalue weighted by atomic mass is 19.1. The molecule has 1 aliphatic rings. The minimum absolute atomic E-state index is 0.203. The number of hydrogen-bond donors (Lipinski definition) is 0. The zero-order chi connectivity index (χ0) is 12.5. The van der Waals surface area contributed by atoms with Crippen LogP contribution in [0.2, 0.25) is 0 Å². The fourth-order valence-electron chi connectivity index (χ4n) is 2.10. The third-order valence-corrected chi connectivity index (χ3v) is 3.21. The van der Waals surface area contributed by atoms with Crippen molar-refractivity contribution in [1.82, 2.24) is 0 Å². The van der Waals surface area contributed by atoms with Gasteiger partial charge in [-0.3, -0.25) is 4.79 Å². The molecule has 1 unspecified atom stereocenters. The van der Waals surface area contributed by atoms with Crippen LogP contribution in [0.4, 0.5) is 10.1 Å². The molecule has 0 N–H and O–H groups in total. The van der Waals surface area contributed by atoms with Gasteiger partial charge in [-0.25, -0.2) is 4.39 Å². The predicted octanol–water partition coefficient (Wildman–Crippen LogP) is 2.16. The van der Waals surface area contributed by atoms with Crippen molar-refractivity contribution < 1.29 is 14.0 Å². The smallest absolute Gasteiger partial charge is 0.240 e. The van der Waals surface area contributed by atoms with Gasteiger partial charge in [0.1, 0.15) is 17.5 Å². The predicted molar refractivity (Wildman–Crippen MR) is 62.2 cm³/mol. The molecule has 1 aliphatic heterocycles. The van der Waals surface area contributed by atoms with Gasteiger partial charge in [0.15, 0.2) is 0 Å². The second kappa shape index (κ2) is 4.28. The third-order valence-electron chi connectivity index (χ3n) is 3.21. The lowest BCUT2D eigenvalue weighted by Gasteiger charge is -2.36. The molecule has 1 atom stereocenters. The van der Waals surface area contributed by atoms with Gasteiger partial charge in [0.25, 0.3) is 0 Å². The van der Waals surface area contributed by atoms with Crippen LogP contribution in [0.5, 0.6) is 0 Å². The van der Waals surface area contributed by atoms with Crippen LogP contribution in [-0.2, 0) is 9.59 Å². The fourth-order valence-corrected chi connectivity index (χ4v) is 2.10. The van der Waals surface area contributed by atoms with E-state index in [0.29, 0.717) is 24.9 Å². The summed E-state index contributed by atoms with van der Waals surface area (Å²) in [4.78, 5) is 24.7. The molecule has 2 rings (SSSR count). The zero-order valence-electron chi connectivity index (χ0n) is 9.65. The average molecular weight is 235 g/mol. The number of nitrogens with zero attached hydrogens (tertiary/aromatic N) is 1. The number of amides is 1. The van der Waals surface area contributed by atoms with Gasteiger partial charge >= 0.3 is 0 Å². The molecule has 90 valence electrons. The summed E-state index contributed by atoms with van der Waals surface area (Å²) in [5.74, 6) is -0.540. The first-order chi connectivity index (χ1) is 8.07. The average Bonchev–Trinajstić information content (AvgIpc) is 2.34. The van der Waals surface area contributed by atoms with Crippen LogP contribution in [0, 0.1) is 11.2 Å². The van der Waals surface area contributed by atoms with Gasteiger partial charge in [-0.2, -0.15) is 0 Å². The van der Waals surface area contributed by atoms with E-state index in [2.05, 4.69) is 0 Å². The van der Waals surface area contributed by atoms with E-state index in [9.17, 15) is 14.0 Å². The van der Waals surface area contributed by atoms with E-state index in [-0.39, 0.29) is 11.7 Å². The highest BCUT2D eigenvalue weighted by Gasteiger charge is 2.40. The van der Waals surface area contributed by atoms with Crippen molar-refractivity contribution >= 4 is 17.9 Å². The summed E-state index contributed by atoms with van der Waals surface area (Å²) < 4.78 is 12.8. The van der Waals surface area contributed by atoms with Crippen LogP contribution in [0.25, 0.3) is 0 Å². The highest BCUT2D eigenvalue weighted by Crippen LogP contribution is 2.31. The molecule has 0 spiro atoms. The minimum atomic E-state index is -0.938. The SMILES string of the molecule is CC1(C=O)CCCN(c2ccc(F)cc2)C1=O. The molecule has 4 heteroatoms. The molecule has 3 nitrogen and oxygen atoms in total. The van der Waals surface area contributed by atoms with Crippen LogP contribution in [0.1, 0.15) is 19.8 Å². The van der Waals surface area contributed by atoms with Gasteiger partial charge in [-0.15, -0.1) is 0 Å². The summed E-state index contributed by atoms with van der Waals surface area (Å²) in [6, 6.07) is 5.75. The summed E-state index contributed by atoms with van der Waals surface area (Å²) in [5.41, 5.74) is -0.295. The Morgan fingerprint density at radius 3 is 2.59 bits per heavy atom. The number of halogens is 1. The van der Waals surface area contributed by atoms with Crippen LogP contribution < -0.4 is 4.90 Å². The van der Waals surface area contributed by atoms with Crippen LogP contribution >= 0.6 is 0 Å². The molecule has 0 aromatic heterocycles. The Morgan fingerprint density at radius 2 is 2.00 bits per heavy atom. The Bertz CT molecular complexity index is 443. The maximum atomic E-state index is 12.8. The third kappa shape index (κ3) is 2.07. The minimum Gasteiger partial charge on any atom is -0.312 e. The summed E-state index contributed by atoms with van der Waals surface area (Å²) in [5, 5.41) is 0. The van der Waals surface area contributed by atoms with Crippen molar-refractivity contribution in [3.05, 3.63) is 30.1 Å². The van der Waals surface area contributed by atoms with Crippen LogP contribution in [0.3, 0.4) is 0 Å². The molecule has 1 amide bonds. The van der Waals surface area contributed by atoms with E-state index in [0.717, 1.165) is 6.42 Å². The Morgan fingerprint density at radius 1 is 1.35 bits per heavy atom. The number of piperidine rings is 1. The van der Waals surface area contributed by atoms with E-state index in [1.165, 1.54) is 12.1 Å². The van der Waals surface area contributed by atoms with Crippen molar-refractivity contribution in [3.63, 3.8) is 0 Å². The number of hydrogen-bond acceptors (Lipinski definition) is 2. The molecule has 1 fully saturated rings. The molecule has 0 aliphatic carbocycles. The van der Waals surface area contributed by atoms with Gasteiger partial charge in [-0.05, 0) is 44.0 Å². The number of aldehydes is 1. The molecular formula is C13H14FNO2. The summed E-state index contributed by atoms with van der Waals surface area (Å²) in [6.07, 6.45) is 2.07. The maximum Gasteiger partial charge on any atom is 0.240 e. The van der Waals surface area contributed by atoms with Gasteiger partial charge < -0.3 is 9.69 Å². The normalized spacial score (nSPS) is 24.8. The van der Waals surface area contributed by atoms with Gasteiger partial charge in [-0.1, -0.05) is 0 Å². The maximum absolute atomic E-state index is 12.8. The molecule has 1 aromatic carbocycles. The number of carbonyl (C=O) groups is 2. The lowest BCUT2D eigenvalue weighted by molar-refractivity contribution is -0.135. The van der Waals surface area contributed by atoms with E-state index >= 15 is 0 Å². The molecule has 17 heavy (non-hydrogen) atoms. The van der Waals surface area contributed by atoms with Gasteiger partial charge in [0, 0.05) is 12.2 Å². The first-order valence-corrected chi connectivity index (χ1v) is 5.61. The van der Waals surface area contributed by atoms with Crippen molar-refractivity contribution in [2.45, 2.75) is 19.8 Å². The number of carbonyl (C=O) groups excluding carboxylic acids is 2. The van der Waals surface area contributed by atoms with E-state index in [1.807, 2.05) is 0 Å². The molecular weight excluding hydrogens is 221 g/mol. The molecule has 1 aromatic rings. The first-order valence-electron chi connectivity index (χ1n) is 5.61. The highest BCUT2D eigenvalue weighted by molar-refractivity contribution is 6.06. The van der Waals surface area contributed by atoms with Crippen LogP contribution in [0.15, 0.2) is 24.3 Å². The second-order valence-corrected chi connectivity index (χ2v) is 4.57. The first kappa shape index (κ1) is 11.8. The molecule has 0 bridgehead atoms. The standard InChI is InChI=1S/C13H14FNO2/c1-13(9-16)7-2-8-15(12(13)17)11-5-3-10(14)4-6-11/h3-6,9H,2,7-8H2,1H3. The summed E-state index contributed by atoms with van der Waals surface area (Å²) in [7, 11) is 0. The second-order valence-electron chi connectivity index (χ2n) is 4.57. The fraction of sp³-hybridized carbons (Fsp3) is 0.385. The Kier molecular flexibility index (Phi) is 2.96. The number of rotatable bonds is 2. The number of benzene rings is 1. The number of anilines is 1. The summed E-state index contributed by atoms with van der Waals surface area (Å²) >= 11 is 0. The van der Waals surface area contributed by atoms with Gasteiger partial charge in [0.05, 0.1) is 0 Å². The largest absolute Gasteiger partial charge is 0.312 e. The van der Waals surface area contributed by atoms with Gasteiger partial charge in [0.2, 0.25) is 5.91 Å². The van der Waals surface area contributed by atoms with E-state index < -0.39 is 5.41 Å². The monoisotopic (exact) mass is 235 g/mol. The van der Waals surface area contributed by atoms with Crippen LogP contribution in [-0.4, -0.2) is 18.7 Å².